The van der Waals surface area contributed by atoms with Crippen molar-refractivity contribution in [3.8, 4) is 5.95 Å². The van der Waals surface area contributed by atoms with E-state index in [1.807, 2.05) is 38.1 Å². The Balaban J connectivity index is 1.68. The molecule has 0 spiro atoms. The molecule has 0 radical (unpaired) electrons. The van der Waals surface area contributed by atoms with Crippen LogP contribution < -0.4 is 11.0 Å². The second kappa shape index (κ2) is 9.21. The van der Waals surface area contributed by atoms with Gasteiger partial charge >= 0.3 is 5.69 Å². The van der Waals surface area contributed by atoms with Crippen molar-refractivity contribution in [1.29, 1.82) is 0 Å². The summed E-state index contributed by atoms with van der Waals surface area (Å²) in [6.45, 7) is 5.67. The first kappa shape index (κ1) is 23.9. The van der Waals surface area contributed by atoms with Gasteiger partial charge in [0.25, 0.3) is 5.95 Å². The molecule has 1 aromatic carbocycles. The molecule has 4 aromatic rings. The van der Waals surface area contributed by atoms with E-state index < -0.39 is 5.60 Å². The minimum absolute atomic E-state index is 0.120. The molecule has 0 amide bonds. The molecular formula is C23H28ClN7O3. The van der Waals surface area contributed by atoms with Crippen molar-refractivity contribution in [2.75, 3.05) is 11.9 Å². The van der Waals surface area contributed by atoms with Crippen molar-refractivity contribution in [3.63, 3.8) is 0 Å². The zero-order valence-corrected chi connectivity index (χ0v) is 20.3. The van der Waals surface area contributed by atoms with Crippen molar-refractivity contribution in [2.45, 2.75) is 45.8 Å². The second-order valence-corrected chi connectivity index (χ2v) is 9.15. The molecule has 3 heterocycles. The molecule has 11 heteroatoms. The van der Waals surface area contributed by atoms with E-state index in [0.29, 0.717) is 41.0 Å². The summed E-state index contributed by atoms with van der Waals surface area (Å²) in [5.74, 6) is 0.801. The van der Waals surface area contributed by atoms with Crippen LogP contribution >= 0.6 is 11.6 Å². The van der Waals surface area contributed by atoms with Crippen LogP contribution in [0.4, 0.5) is 11.5 Å². The number of halogens is 1. The van der Waals surface area contributed by atoms with Gasteiger partial charge in [0.15, 0.2) is 5.82 Å². The fourth-order valence-corrected chi connectivity index (χ4v) is 4.08. The normalized spacial score (nSPS) is 13.4. The number of imidazole rings is 1. The predicted molar refractivity (Wildman–Crippen MR) is 131 cm³/mol. The van der Waals surface area contributed by atoms with E-state index in [4.69, 9.17) is 16.7 Å². The lowest BCUT2D eigenvalue weighted by Gasteiger charge is -2.22. The Kier molecular flexibility index (Phi) is 6.48. The Morgan fingerprint density at radius 2 is 1.94 bits per heavy atom. The molecule has 0 bridgehead atoms. The molecule has 0 saturated carbocycles. The number of hydrogen-bond donors (Lipinski definition) is 3. The highest BCUT2D eigenvalue weighted by atomic mass is 35.5. The molecule has 180 valence electrons. The van der Waals surface area contributed by atoms with Crippen LogP contribution in [0.5, 0.6) is 0 Å². The van der Waals surface area contributed by atoms with Gasteiger partial charge in [-0.05, 0) is 57.9 Å². The van der Waals surface area contributed by atoms with Crippen LogP contribution in [-0.2, 0) is 13.6 Å². The third kappa shape index (κ3) is 4.70. The lowest BCUT2D eigenvalue weighted by atomic mass is 9.99. The number of hydrogen-bond acceptors (Lipinski definition) is 7. The van der Waals surface area contributed by atoms with Crippen LogP contribution in [0.3, 0.4) is 0 Å². The summed E-state index contributed by atoms with van der Waals surface area (Å²) < 4.78 is 4.83. The lowest BCUT2D eigenvalue weighted by molar-refractivity contribution is 0.0218. The average Bonchev–Trinajstić information content (AvgIpc) is 3.23. The molecule has 4 rings (SSSR count). The Morgan fingerprint density at radius 1 is 1.18 bits per heavy atom. The van der Waals surface area contributed by atoms with Crippen LogP contribution in [0, 0.1) is 13.8 Å². The molecular weight excluding hydrogens is 458 g/mol. The maximum absolute atomic E-state index is 12.8. The van der Waals surface area contributed by atoms with E-state index in [2.05, 4.69) is 20.4 Å². The number of aromatic nitrogens is 6. The number of nitrogens with one attached hydrogen (secondary N) is 1. The average molecular weight is 486 g/mol. The van der Waals surface area contributed by atoms with E-state index in [1.54, 1.807) is 27.8 Å². The Hall–Kier alpha value is -3.21. The number of benzene rings is 1. The SMILES string of the molecule is Cc1cc(C)n(-c2ncc(Cl)c(Nc3ccc4c(c3)n(CCC(C)(O)CCO)c(=O)n4C)n2)n1. The van der Waals surface area contributed by atoms with Gasteiger partial charge < -0.3 is 15.5 Å². The third-order valence-electron chi connectivity index (χ3n) is 5.86. The third-order valence-corrected chi connectivity index (χ3v) is 6.14. The van der Waals surface area contributed by atoms with Crippen LogP contribution in [-0.4, -0.2) is 51.3 Å². The molecule has 0 aliphatic rings. The smallest absolute Gasteiger partial charge is 0.328 e. The number of aliphatic hydroxyl groups is 2. The Bertz CT molecular complexity index is 1400. The fraction of sp³-hybridized carbons (Fsp3) is 0.391. The van der Waals surface area contributed by atoms with E-state index in [-0.39, 0.29) is 18.7 Å². The number of fused-ring (bicyclic) bond motifs is 1. The Morgan fingerprint density at radius 3 is 2.62 bits per heavy atom. The maximum atomic E-state index is 12.8. The summed E-state index contributed by atoms with van der Waals surface area (Å²) in [5, 5.41) is 27.6. The summed E-state index contributed by atoms with van der Waals surface area (Å²) in [7, 11) is 1.71. The predicted octanol–water partition coefficient (Wildman–Crippen LogP) is 2.85. The van der Waals surface area contributed by atoms with Crippen LogP contribution in [0.1, 0.15) is 31.2 Å². The van der Waals surface area contributed by atoms with Crippen molar-refractivity contribution >= 4 is 34.1 Å². The van der Waals surface area contributed by atoms with Crippen LogP contribution in [0.25, 0.3) is 17.0 Å². The number of aryl methyl sites for hydroxylation is 4. The van der Waals surface area contributed by atoms with Gasteiger partial charge in [-0.3, -0.25) is 9.13 Å². The van der Waals surface area contributed by atoms with Gasteiger partial charge in [0, 0.05) is 31.6 Å². The molecule has 3 aromatic heterocycles. The number of anilines is 2. The summed E-state index contributed by atoms with van der Waals surface area (Å²) in [4.78, 5) is 21.7. The van der Waals surface area contributed by atoms with Crippen LogP contribution in [0.15, 0.2) is 35.3 Å². The molecule has 10 nitrogen and oxygen atoms in total. The molecule has 3 N–H and O–H groups in total. The second-order valence-electron chi connectivity index (χ2n) is 8.75. The zero-order valence-electron chi connectivity index (χ0n) is 19.6. The van der Waals surface area contributed by atoms with Gasteiger partial charge in [0.2, 0.25) is 0 Å². The summed E-state index contributed by atoms with van der Waals surface area (Å²) in [6, 6.07) is 7.47. The van der Waals surface area contributed by atoms with Gasteiger partial charge in [0.1, 0.15) is 5.02 Å². The van der Waals surface area contributed by atoms with Crippen molar-refractivity contribution in [2.24, 2.45) is 7.05 Å². The highest BCUT2D eigenvalue weighted by Gasteiger charge is 2.21. The molecule has 0 fully saturated rings. The number of rotatable bonds is 8. The molecule has 1 atom stereocenters. The van der Waals surface area contributed by atoms with Gasteiger partial charge in [-0.15, -0.1) is 0 Å². The van der Waals surface area contributed by atoms with Crippen molar-refractivity contribution in [1.82, 2.24) is 28.9 Å². The quantitative estimate of drug-likeness (QED) is 0.350. The summed E-state index contributed by atoms with van der Waals surface area (Å²) in [5.41, 5.74) is 2.66. The number of nitrogens with zero attached hydrogens (tertiary/aromatic N) is 6. The first-order chi connectivity index (χ1) is 16.1. The van der Waals surface area contributed by atoms with Gasteiger partial charge in [0.05, 0.1) is 28.5 Å². The molecule has 34 heavy (non-hydrogen) atoms. The van der Waals surface area contributed by atoms with Crippen LogP contribution in [0.2, 0.25) is 5.02 Å². The minimum atomic E-state index is -1.07. The largest absolute Gasteiger partial charge is 0.396 e. The fourth-order valence-electron chi connectivity index (χ4n) is 3.94. The van der Waals surface area contributed by atoms with Gasteiger partial charge in [-0.1, -0.05) is 11.6 Å². The molecule has 0 aliphatic carbocycles. The van der Waals surface area contributed by atoms with Crippen molar-refractivity contribution in [3.05, 3.63) is 57.4 Å². The monoisotopic (exact) mass is 485 g/mol. The molecule has 0 saturated heterocycles. The van der Waals surface area contributed by atoms with E-state index in [9.17, 15) is 9.90 Å². The van der Waals surface area contributed by atoms with Gasteiger partial charge in [-0.2, -0.15) is 10.1 Å². The number of aliphatic hydroxyl groups excluding tert-OH is 1. The van der Waals surface area contributed by atoms with Crippen molar-refractivity contribution < 1.29 is 10.2 Å². The van der Waals surface area contributed by atoms with E-state index in [1.165, 1.54) is 6.20 Å². The standard InChI is InChI=1S/C23H28ClN7O3/c1-14-11-15(2)31(28-14)21-25-13-17(24)20(27-21)26-16-5-6-18-19(12-16)30(22(33)29(18)4)9-7-23(3,34)8-10-32/h5-6,11-13,32,34H,7-10H2,1-4H3,(H,25,26,27). The first-order valence-electron chi connectivity index (χ1n) is 11.0. The first-order valence-corrected chi connectivity index (χ1v) is 11.3. The zero-order chi connectivity index (χ0) is 24.6. The minimum Gasteiger partial charge on any atom is -0.396 e. The molecule has 0 aliphatic heterocycles. The van der Waals surface area contributed by atoms with E-state index >= 15 is 0 Å². The summed E-state index contributed by atoms with van der Waals surface area (Å²) in [6.07, 6.45) is 2.08. The highest BCUT2D eigenvalue weighted by molar-refractivity contribution is 6.32. The molecule has 1 unspecified atom stereocenters. The van der Waals surface area contributed by atoms with E-state index in [0.717, 1.165) is 16.9 Å². The Labute approximate surface area is 201 Å². The summed E-state index contributed by atoms with van der Waals surface area (Å²) >= 11 is 6.36. The lowest BCUT2D eigenvalue weighted by Crippen LogP contribution is -2.30. The highest BCUT2D eigenvalue weighted by Crippen LogP contribution is 2.26. The maximum Gasteiger partial charge on any atom is 0.328 e. The van der Waals surface area contributed by atoms with Gasteiger partial charge in [-0.25, -0.2) is 14.5 Å². The topological polar surface area (TPSA) is 123 Å².